The van der Waals surface area contributed by atoms with Gasteiger partial charge in [-0.05, 0) is 32.8 Å². The van der Waals surface area contributed by atoms with Crippen molar-refractivity contribution in [2.75, 3.05) is 26.6 Å². The average molecular weight is 386 g/mol. The fraction of sp³-hybridized carbons (Fsp3) is 0.647. The number of methoxy groups -OCH3 is 1. The van der Waals surface area contributed by atoms with Crippen molar-refractivity contribution in [2.24, 2.45) is 0 Å². The van der Waals surface area contributed by atoms with Gasteiger partial charge in [-0.25, -0.2) is 4.79 Å². The molecule has 26 heavy (non-hydrogen) atoms. The van der Waals surface area contributed by atoms with Crippen LogP contribution in [0, 0.1) is 0 Å². The van der Waals surface area contributed by atoms with Crippen molar-refractivity contribution < 1.29 is 19.4 Å². The highest BCUT2D eigenvalue weighted by Crippen LogP contribution is 2.39. The predicted molar refractivity (Wildman–Crippen MR) is 102 cm³/mol. The Morgan fingerprint density at radius 1 is 1.46 bits per heavy atom. The number of aromatic amines is 1. The number of aliphatic hydroxyl groups is 1. The van der Waals surface area contributed by atoms with Crippen LogP contribution in [0.1, 0.15) is 25.1 Å². The van der Waals surface area contributed by atoms with Crippen LogP contribution >= 0.6 is 6.89 Å². The molecular formula is C17H27N2O6P. The number of hydrogen-bond donors (Lipinski definition) is 2. The van der Waals surface area contributed by atoms with Gasteiger partial charge in [0.05, 0.1) is 6.10 Å². The molecule has 9 heteroatoms. The van der Waals surface area contributed by atoms with Crippen molar-refractivity contribution in [3.63, 3.8) is 0 Å². The smallest absolute Gasteiger partial charge is 0.330 e. The summed E-state index contributed by atoms with van der Waals surface area (Å²) in [5, 5.41) is 10.5. The van der Waals surface area contributed by atoms with E-state index < -0.39 is 42.7 Å². The molecule has 2 rings (SSSR count). The average Bonchev–Trinajstić information content (AvgIpc) is 2.82. The molecule has 1 unspecified atom stereocenters. The molecule has 2 N–H and O–H groups in total. The van der Waals surface area contributed by atoms with Crippen LogP contribution in [0.2, 0.25) is 0 Å². The Bertz CT molecular complexity index is 823. The van der Waals surface area contributed by atoms with Gasteiger partial charge in [-0.15, -0.1) is 13.2 Å². The molecule has 0 radical (unpaired) electrons. The molecule has 0 amide bonds. The molecule has 2 heterocycles. The zero-order valence-electron chi connectivity index (χ0n) is 15.6. The van der Waals surface area contributed by atoms with Crippen LogP contribution in [0.5, 0.6) is 0 Å². The Labute approximate surface area is 152 Å². The van der Waals surface area contributed by atoms with Gasteiger partial charge >= 0.3 is 5.69 Å². The van der Waals surface area contributed by atoms with E-state index in [1.807, 2.05) is 0 Å². The molecule has 4 atom stereocenters. The monoisotopic (exact) mass is 386 g/mol. The molecule has 1 fully saturated rings. The first-order valence-electron chi connectivity index (χ1n) is 8.41. The van der Waals surface area contributed by atoms with Crippen LogP contribution in [0.3, 0.4) is 0 Å². The molecule has 146 valence electrons. The second kappa shape index (κ2) is 8.05. The second-order valence-corrected chi connectivity index (χ2v) is 11.7. The SMILES string of the molecule is C=P(C)(C)CC[C@H]1OC(n2cc(CC(C)=O)c(=O)[nH]c2=O)[C@H](OC)[C@@H]1O. The Balaban J connectivity index is 2.34. The summed E-state index contributed by atoms with van der Waals surface area (Å²) in [5.41, 5.74) is -1.11. The standard InChI is InChI=1S/C17H27N2O6P/c1-10(20)8-11-9-19(17(23)18-15(11)22)16-14(24-2)13(21)12(25-16)6-7-26(3,4)5/h9,12-14,16,21H,3,6-8H2,1-2,4-5H3,(H,18,22,23)/t12-,13-,14-,16?/m1/s1. The third kappa shape index (κ3) is 4.82. The lowest BCUT2D eigenvalue weighted by Crippen LogP contribution is -2.39. The zero-order chi connectivity index (χ0) is 19.6. The summed E-state index contributed by atoms with van der Waals surface area (Å²) in [4.78, 5) is 37.7. The third-order valence-corrected chi connectivity index (χ3v) is 5.83. The highest BCUT2D eigenvalue weighted by atomic mass is 31.2. The normalized spacial score (nSPS) is 26.2. The zero-order valence-corrected chi connectivity index (χ0v) is 16.5. The highest BCUT2D eigenvalue weighted by Gasteiger charge is 2.45. The van der Waals surface area contributed by atoms with E-state index in [1.54, 1.807) is 0 Å². The topological polar surface area (TPSA) is 111 Å². The van der Waals surface area contributed by atoms with E-state index >= 15 is 0 Å². The maximum atomic E-state index is 12.3. The van der Waals surface area contributed by atoms with Gasteiger partial charge in [-0.3, -0.25) is 19.1 Å². The summed E-state index contributed by atoms with van der Waals surface area (Å²) in [5.74, 6) is -0.198. The van der Waals surface area contributed by atoms with E-state index in [9.17, 15) is 19.5 Å². The van der Waals surface area contributed by atoms with Crippen molar-refractivity contribution in [3.05, 3.63) is 32.6 Å². The number of H-pyrrole nitrogens is 1. The van der Waals surface area contributed by atoms with Crippen molar-refractivity contribution >= 4 is 19.0 Å². The minimum atomic E-state index is -1.29. The van der Waals surface area contributed by atoms with Gasteiger partial charge < -0.3 is 14.6 Å². The quantitative estimate of drug-likeness (QED) is 0.641. The first-order valence-corrected chi connectivity index (χ1v) is 11.5. The molecule has 1 aromatic heterocycles. The molecular weight excluding hydrogens is 359 g/mol. The molecule has 1 aliphatic rings. The number of hydrogen-bond acceptors (Lipinski definition) is 6. The van der Waals surface area contributed by atoms with Crippen LogP contribution in [0.25, 0.3) is 0 Å². The third-order valence-electron chi connectivity index (χ3n) is 4.36. The number of ether oxygens (including phenoxy) is 2. The van der Waals surface area contributed by atoms with Crippen LogP contribution in [0.15, 0.2) is 15.8 Å². The van der Waals surface area contributed by atoms with Crippen molar-refractivity contribution in [1.29, 1.82) is 0 Å². The van der Waals surface area contributed by atoms with Gasteiger partial charge in [0.2, 0.25) is 0 Å². The molecule has 0 bridgehead atoms. The van der Waals surface area contributed by atoms with E-state index in [4.69, 9.17) is 9.47 Å². The number of carbonyl (C=O) groups excluding carboxylic acids is 1. The maximum Gasteiger partial charge on any atom is 0.330 e. The summed E-state index contributed by atoms with van der Waals surface area (Å²) in [6, 6.07) is 0. The number of carbonyl (C=O) groups is 1. The van der Waals surface area contributed by atoms with Gasteiger partial charge in [-0.1, -0.05) is 0 Å². The van der Waals surface area contributed by atoms with Gasteiger partial charge in [0.25, 0.3) is 5.56 Å². The van der Waals surface area contributed by atoms with E-state index in [0.717, 1.165) is 6.16 Å². The second-order valence-electron chi connectivity index (χ2n) is 7.40. The molecule has 0 aliphatic carbocycles. The van der Waals surface area contributed by atoms with Crippen LogP contribution in [-0.2, 0) is 20.7 Å². The van der Waals surface area contributed by atoms with E-state index in [0.29, 0.717) is 6.42 Å². The molecule has 0 aromatic carbocycles. The maximum absolute atomic E-state index is 12.3. The number of Topliss-reactive ketones (excluding diaryl/α,β-unsaturated/α-hetero) is 1. The molecule has 1 aromatic rings. The molecule has 1 aliphatic heterocycles. The van der Waals surface area contributed by atoms with Crippen molar-refractivity contribution in [2.45, 2.75) is 44.3 Å². The lowest BCUT2D eigenvalue weighted by atomic mass is 10.1. The van der Waals surface area contributed by atoms with Gasteiger partial charge in [0.1, 0.15) is 18.0 Å². The summed E-state index contributed by atoms with van der Waals surface area (Å²) >= 11 is 0. The number of aliphatic hydroxyl groups excluding tert-OH is 1. The van der Waals surface area contributed by atoms with Crippen LogP contribution < -0.4 is 11.2 Å². The molecule has 0 saturated carbocycles. The van der Waals surface area contributed by atoms with Gasteiger partial charge in [0.15, 0.2) is 6.23 Å². The number of nitrogens with one attached hydrogen (secondary N) is 1. The number of nitrogens with zero attached hydrogens (tertiary/aromatic N) is 1. The summed E-state index contributed by atoms with van der Waals surface area (Å²) in [6.07, 6.45) is 3.74. The highest BCUT2D eigenvalue weighted by molar-refractivity contribution is 7.72. The fourth-order valence-corrected chi connectivity index (χ4v) is 3.98. The van der Waals surface area contributed by atoms with Crippen LogP contribution in [-0.4, -0.2) is 71.7 Å². The molecule has 0 spiro atoms. The number of rotatable bonds is 7. The Morgan fingerprint density at radius 2 is 2.12 bits per heavy atom. The van der Waals surface area contributed by atoms with E-state index in [2.05, 4.69) is 24.6 Å². The Hall–Kier alpha value is -1.47. The van der Waals surface area contributed by atoms with E-state index in [1.165, 1.54) is 24.8 Å². The van der Waals surface area contributed by atoms with Crippen molar-refractivity contribution in [1.82, 2.24) is 9.55 Å². The predicted octanol–water partition coefficient (Wildman–Crippen LogP) is 0.0407. The minimum absolute atomic E-state index is 0.0911. The number of aromatic nitrogens is 2. The Morgan fingerprint density at radius 3 is 2.65 bits per heavy atom. The summed E-state index contributed by atoms with van der Waals surface area (Å²) in [6.45, 7) is 4.27. The summed E-state index contributed by atoms with van der Waals surface area (Å²) in [7, 11) is 1.43. The van der Waals surface area contributed by atoms with Crippen molar-refractivity contribution in [3.8, 4) is 0 Å². The first kappa shape index (κ1) is 20.8. The van der Waals surface area contributed by atoms with E-state index in [-0.39, 0.29) is 17.8 Å². The lowest BCUT2D eigenvalue weighted by Gasteiger charge is -2.20. The van der Waals surface area contributed by atoms with Crippen LogP contribution in [0.4, 0.5) is 0 Å². The van der Waals surface area contributed by atoms with Gasteiger partial charge in [0, 0.05) is 25.3 Å². The number of ketones is 1. The summed E-state index contributed by atoms with van der Waals surface area (Å²) < 4.78 is 12.5. The minimum Gasteiger partial charge on any atom is -0.388 e. The molecule has 8 nitrogen and oxygen atoms in total. The largest absolute Gasteiger partial charge is 0.388 e. The Kier molecular flexibility index (Phi) is 6.45. The fourth-order valence-electron chi connectivity index (χ4n) is 3.02. The lowest BCUT2D eigenvalue weighted by molar-refractivity contribution is -0.116. The first-order chi connectivity index (χ1) is 12.0. The molecule has 1 saturated heterocycles. The van der Waals surface area contributed by atoms with Gasteiger partial charge in [-0.2, -0.15) is 0 Å².